The van der Waals surface area contributed by atoms with E-state index < -0.39 is 10.0 Å². The summed E-state index contributed by atoms with van der Waals surface area (Å²) in [6.45, 7) is 3.17. The molecule has 0 bridgehead atoms. The summed E-state index contributed by atoms with van der Waals surface area (Å²) in [6.07, 6.45) is 2.37. The molecule has 0 saturated carbocycles. The van der Waals surface area contributed by atoms with E-state index in [0.717, 1.165) is 17.7 Å². The minimum atomic E-state index is -3.48. The van der Waals surface area contributed by atoms with Crippen molar-refractivity contribution in [2.24, 2.45) is 0 Å². The maximum absolute atomic E-state index is 12.8. The monoisotopic (exact) mass is 416 g/mol. The fourth-order valence-corrected chi connectivity index (χ4v) is 4.83. The van der Waals surface area contributed by atoms with Gasteiger partial charge >= 0.3 is 0 Å². The highest BCUT2D eigenvalue weighted by atomic mass is 32.2. The summed E-state index contributed by atoms with van der Waals surface area (Å²) < 4.78 is 32.7. The van der Waals surface area contributed by atoms with Crippen molar-refractivity contribution in [2.75, 3.05) is 19.7 Å². The zero-order chi connectivity index (χ0) is 20.7. The van der Waals surface area contributed by atoms with E-state index in [1.165, 1.54) is 4.31 Å². The summed E-state index contributed by atoms with van der Waals surface area (Å²) in [5.74, 6) is 0.670. The number of carbonyl (C=O) groups excluding carboxylic acids is 1. The zero-order valence-electron chi connectivity index (χ0n) is 16.7. The van der Waals surface area contributed by atoms with Crippen LogP contribution in [0.25, 0.3) is 0 Å². The van der Waals surface area contributed by atoms with Gasteiger partial charge in [-0.05, 0) is 49.1 Å². The Morgan fingerprint density at radius 3 is 2.34 bits per heavy atom. The smallest absolute Gasteiger partial charge is 0.243 e. The van der Waals surface area contributed by atoms with Gasteiger partial charge in [0.05, 0.1) is 17.9 Å². The molecule has 2 aromatic carbocycles. The Morgan fingerprint density at radius 2 is 1.72 bits per heavy atom. The van der Waals surface area contributed by atoms with Crippen molar-refractivity contribution in [1.29, 1.82) is 0 Å². The van der Waals surface area contributed by atoms with E-state index in [1.54, 1.807) is 12.1 Å². The normalized spacial score (nSPS) is 15.8. The van der Waals surface area contributed by atoms with E-state index in [9.17, 15) is 13.2 Å². The van der Waals surface area contributed by atoms with Crippen LogP contribution in [-0.4, -0.2) is 44.4 Å². The van der Waals surface area contributed by atoms with Crippen LogP contribution in [-0.2, 0) is 21.2 Å². The number of nitrogens with zero attached hydrogens (tertiary/aromatic N) is 1. The van der Waals surface area contributed by atoms with Gasteiger partial charge < -0.3 is 10.1 Å². The Morgan fingerprint density at radius 1 is 1.07 bits per heavy atom. The second kappa shape index (κ2) is 9.89. The van der Waals surface area contributed by atoms with Crippen LogP contribution in [0.1, 0.15) is 31.7 Å². The molecule has 1 heterocycles. The van der Waals surface area contributed by atoms with E-state index in [2.05, 4.69) is 5.32 Å². The van der Waals surface area contributed by atoms with E-state index in [-0.39, 0.29) is 18.4 Å². The second-order valence-corrected chi connectivity index (χ2v) is 9.09. The average Bonchev–Trinajstić information content (AvgIpc) is 2.75. The van der Waals surface area contributed by atoms with Crippen molar-refractivity contribution < 1.29 is 17.9 Å². The van der Waals surface area contributed by atoms with Crippen molar-refractivity contribution in [3.63, 3.8) is 0 Å². The third-order valence-electron chi connectivity index (χ3n) is 5.13. The van der Waals surface area contributed by atoms with Crippen LogP contribution in [0.4, 0.5) is 0 Å². The molecule has 156 valence electrons. The van der Waals surface area contributed by atoms with Crippen LogP contribution < -0.4 is 10.1 Å². The highest BCUT2D eigenvalue weighted by Gasteiger charge is 2.29. The topological polar surface area (TPSA) is 75.7 Å². The molecule has 2 aromatic rings. The first-order valence-electron chi connectivity index (χ1n) is 10.1. The summed E-state index contributed by atoms with van der Waals surface area (Å²) in [6, 6.07) is 16.4. The third-order valence-corrected chi connectivity index (χ3v) is 7.04. The number of hydrogen-bond donors (Lipinski definition) is 1. The van der Waals surface area contributed by atoms with Crippen LogP contribution in [0, 0.1) is 0 Å². The lowest BCUT2D eigenvalue weighted by Gasteiger charge is -2.31. The maximum Gasteiger partial charge on any atom is 0.243 e. The number of rotatable bonds is 8. The number of para-hydroxylation sites is 1. The Bertz CT molecular complexity index is 890. The number of ether oxygens (including phenoxy) is 1. The molecule has 0 aromatic heterocycles. The molecule has 3 rings (SSSR count). The standard InChI is InChI=1S/C22H28N2O4S/c1-2-18-8-10-21(11-9-18)29(26,27)24-15-12-19(13-16-24)23-22(25)14-17-28-20-6-4-3-5-7-20/h3-11,19H,2,12-17H2,1H3,(H,23,25). The van der Waals surface area contributed by atoms with E-state index in [4.69, 9.17) is 4.74 Å². The summed E-state index contributed by atoms with van der Waals surface area (Å²) in [4.78, 5) is 12.5. The van der Waals surface area contributed by atoms with Crippen molar-refractivity contribution >= 4 is 15.9 Å². The molecule has 7 heteroatoms. The van der Waals surface area contributed by atoms with Gasteiger partial charge in [0.1, 0.15) is 5.75 Å². The molecular weight excluding hydrogens is 388 g/mol. The van der Waals surface area contributed by atoms with Crippen LogP contribution in [0.2, 0.25) is 0 Å². The molecule has 1 fully saturated rings. The van der Waals surface area contributed by atoms with E-state index in [1.807, 2.05) is 49.4 Å². The largest absolute Gasteiger partial charge is 0.493 e. The van der Waals surface area contributed by atoms with Crippen molar-refractivity contribution in [1.82, 2.24) is 9.62 Å². The quantitative estimate of drug-likeness (QED) is 0.718. The third kappa shape index (κ3) is 5.81. The first-order valence-corrected chi connectivity index (χ1v) is 11.5. The van der Waals surface area contributed by atoms with Gasteiger partial charge in [-0.3, -0.25) is 4.79 Å². The molecule has 0 spiro atoms. The van der Waals surface area contributed by atoms with Crippen LogP contribution in [0.5, 0.6) is 5.75 Å². The van der Waals surface area contributed by atoms with Gasteiger partial charge in [0.25, 0.3) is 0 Å². The lowest BCUT2D eigenvalue weighted by Crippen LogP contribution is -2.46. The second-order valence-electron chi connectivity index (χ2n) is 7.15. The van der Waals surface area contributed by atoms with Crippen molar-refractivity contribution in [3.8, 4) is 5.75 Å². The predicted molar refractivity (Wildman–Crippen MR) is 112 cm³/mol. The molecule has 1 aliphatic heterocycles. The fourth-order valence-electron chi connectivity index (χ4n) is 3.36. The summed E-state index contributed by atoms with van der Waals surface area (Å²) in [7, 11) is -3.48. The van der Waals surface area contributed by atoms with Crippen molar-refractivity contribution in [2.45, 2.75) is 43.5 Å². The highest BCUT2D eigenvalue weighted by Crippen LogP contribution is 2.21. The van der Waals surface area contributed by atoms with E-state index >= 15 is 0 Å². The van der Waals surface area contributed by atoms with Crippen LogP contribution in [0.15, 0.2) is 59.5 Å². The molecule has 0 atom stereocenters. The maximum atomic E-state index is 12.8. The molecule has 0 aliphatic carbocycles. The average molecular weight is 417 g/mol. The van der Waals surface area contributed by atoms with Gasteiger partial charge in [0, 0.05) is 19.1 Å². The number of amides is 1. The highest BCUT2D eigenvalue weighted by molar-refractivity contribution is 7.89. The Kier molecular flexibility index (Phi) is 7.28. The van der Waals surface area contributed by atoms with E-state index in [0.29, 0.717) is 37.4 Å². The summed E-state index contributed by atoms with van der Waals surface area (Å²) in [5.41, 5.74) is 1.11. The molecule has 1 N–H and O–H groups in total. The molecule has 0 radical (unpaired) electrons. The Balaban J connectivity index is 1.44. The first-order chi connectivity index (χ1) is 14.0. The zero-order valence-corrected chi connectivity index (χ0v) is 17.5. The lowest BCUT2D eigenvalue weighted by molar-refractivity contribution is -0.122. The van der Waals surface area contributed by atoms with Gasteiger partial charge in [-0.25, -0.2) is 8.42 Å². The predicted octanol–water partition coefficient (Wildman–Crippen LogP) is 2.99. The number of sulfonamides is 1. The number of aryl methyl sites for hydroxylation is 1. The van der Waals surface area contributed by atoms with Gasteiger partial charge in [-0.1, -0.05) is 37.3 Å². The van der Waals surface area contributed by atoms with Gasteiger partial charge in [-0.15, -0.1) is 0 Å². The van der Waals surface area contributed by atoms with Gasteiger partial charge in [0.2, 0.25) is 15.9 Å². The van der Waals surface area contributed by atoms with Crippen molar-refractivity contribution in [3.05, 3.63) is 60.2 Å². The number of hydrogen-bond acceptors (Lipinski definition) is 4. The number of benzene rings is 2. The van der Waals surface area contributed by atoms with Gasteiger partial charge in [-0.2, -0.15) is 4.31 Å². The Labute approximate surface area is 172 Å². The molecule has 1 aliphatic rings. The van der Waals surface area contributed by atoms with Gasteiger partial charge in [0.15, 0.2) is 0 Å². The molecule has 29 heavy (non-hydrogen) atoms. The molecule has 0 unspecified atom stereocenters. The number of piperidine rings is 1. The molecule has 1 amide bonds. The number of nitrogens with one attached hydrogen (secondary N) is 1. The lowest BCUT2D eigenvalue weighted by atomic mass is 10.1. The summed E-state index contributed by atoms with van der Waals surface area (Å²) >= 11 is 0. The number of carbonyl (C=O) groups is 1. The Hall–Kier alpha value is -2.38. The molecular formula is C22H28N2O4S. The molecule has 1 saturated heterocycles. The fraction of sp³-hybridized carbons (Fsp3) is 0.409. The first kappa shape index (κ1) is 21.3. The minimum Gasteiger partial charge on any atom is -0.493 e. The minimum absolute atomic E-state index is 0.00635. The van der Waals surface area contributed by atoms with Crippen LogP contribution in [0.3, 0.4) is 0 Å². The SMILES string of the molecule is CCc1ccc(S(=O)(=O)N2CCC(NC(=O)CCOc3ccccc3)CC2)cc1. The van der Waals surface area contributed by atoms with Crippen LogP contribution >= 0.6 is 0 Å². The molecule has 6 nitrogen and oxygen atoms in total. The summed E-state index contributed by atoms with van der Waals surface area (Å²) in [5, 5.41) is 2.99.